The molecule has 0 saturated heterocycles. The molecule has 4 rings (SSSR count). The van der Waals surface area contributed by atoms with Gasteiger partial charge in [0.2, 0.25) is 5.78 Å². The molecule has 2 aromatic carbocycles. The number of carbonyl (C=O) groups excluding carboxylic acids is 2. The number of ketones is 1. The number of methoxy groups -OCH3 is 1. The molecule has 3 aromatic rings. The van der Waals surface area contributed by atoms with Crippen molar-refractivity contribution >= 4 is 11.8 Å². The van der Waals surface area contributed by atoms with Crippen molar-refractivity contribution in [2.24, 2.45) is 0 Å². The largest absolute Gasteiger partial charge is 0.493 e. The van der Waals surface area contributed by atoms with Crippen LogP contribution in [0.1, 0.15) is 21.7 Å². The molecule has 1 aliphatic rings. The van der Waals surface area contributed by atoms with E-state index in [2.05, 4.69) is 0 Å². The number of esters is 1. The summed E-state index contributed by atoms with van der Waals surface area (Å²) in [5, 5.41) is 0. The zero-order chi connectivity index (χ0) is 24.1. The second kappa shape index (κ2) is 10.3. The molecule has 2 heterocycles. The molecule has 34 heavy (non-hydrogen) atoms. The van der Waals surface area contributed by atoms with Gasteiger partial charge in [0.05, 0.1) is 13.7 Å². The average molecular weight is 466 g/mol. The number of carbonyl (C=O) groups is 2. The highest BCUT2D eigenvalue weighted by Gasteiger charge is 2.24. The van der Waals surface area contributed by atoms with E-state index in [1.54, 1.807) is 30.3 Å². The van der Waals surface area contributed by atoms with Crippen molar-refractivity contribution in [2.45, 2.75) is 26.5 Å². The van der Waals surface area contributed by atoms with E-state index in [0.717, 1.165) is 17.1 Å². The molecule has 0 bridgehead atoms. The fourth-order valence-electron chi connectivity index (χ4n) is 3.86. The summed E-state index contributed by atoms with van der Waals surface area (Å²) in [6.07, 6.45) is -0.187. The maximum Gasteiger partial charge on any atom is 0.344 e. The molecule has 0 aliphatic carbocycles. The molecule has 0 spiro atoms. The minimum Gasteiger partial charge on any atom is -0.493 e. The van der Waals surface area contributed by atoms with Gasteiger partial charge in [0.25, 0.3) is 0 Å². The van der Waals surface area contributed by atoms with Crippen LogP contribution >= 0.6 is 0 Å². The summed E-state index contributed by atoms with van der Waals surface area (Å²) >= 11 is 0. The molecule has 0 N–H and O–H groups in total. The van der Waals surface area contributed by atoms with Crippen molar-refractivity contribution < 1.29 is 33.3 Å². The Bertz CT molecular complexity index is 1180. The van der Waals surface area contributed by atoms with Gasteiger partial charge in [-0.15, -0.1) is 0 Å². The van der Waals surface area contributed by atoms with Crippen LogP contribution < -0.4 is 18.9 Å². The fourth-order valence-corrected chi connectivity index (χ4v) is 3.86. The van der Waals surface area contributed by atoms with Gasteiger partial charge in [-0.05, 0) is 44.2 Å². The molecular formula is C26H27NO7. The lowest BCUT2D eigenvalue weighted by Gasteiger charge is -2.27. The third-order valence-corrected chi connectivity index (χ3v) is 5.61. The zero-order valence-electron chi connectivity index (χ0n) is 19.4. The van der Waals surface area contributed by atoms with Gasteiger partial charge < -0.3 is 28.3 Å². The van der Waals surface area contributed by atoms with E-state index in [0.29, 0.717) is 36.0 Å². The summed E-state index contributed by atoms with van der Waals surface area (Å²) in [7, 11) is 1.52. The van der Waals surface area contributed by atoms with Crippen LogP contribution in [0.4, 0.5) is 0 Å². The van der Waals surface area contributed by atoms with Crippen molar-refractivity contribution in [3.63, 3.8) is 0 Å². The maximum absolute atomic E-state index is 12.8. The van der Waals surface area contributed by atoms with Crippen LogP contribution in [0.5, 0.6) is 23.0 Å². The van der Waals surface area contributed by atoms with E-state index in [-0.39, 0.29) is 25.1 Å². The van der Waals surface area contributed by atoms with Crippen molar-refractivity contribution in [3.8, 4) is 23.0 Å². The smallest absolute Gasteiger partial charge is 0.344 e. The second-order valence-electron chi connectivity index (χ2n) is 7.92. The number of benzene rings is 2. The van der Waals surface area contributed by atoms with Gasteiger partial charge >= 0.3 is 5.97 Å². The third-order valence-electron chi connectivity index (χ3n) is 5.61. The Morgan fingerprint density at radius 1 is 1.00 bits per heavy atom. The number of rotatable bonds is 9. The second-order valence-corrected chi connectivity index (χ2v) is 7.92. The lowest BCUT2D eigenvalue weighted by atomic mass is 10.1. The predicted octanol–water partition coefficient (Wildman–Crippen LogP) is 3.76. The fraction of sp³-hybridized carbons (Fsp3) is 0.308. The summed E-state index contributed by atoms with van der Waals surface area (Å²) in [5.41, 5.74) is 2.20. The summed E-state index contributed by atoms with van der Waals surface area (Å²) in [4.78, 5) is 24.9. The van der Waals surface area contributed by atoms with E-state index < -0.39 is 5.97 Å². The van der Waals surface area contributed by atoms with Crippen LogP contribution in [0.25, 0.3) is 0 Å². The van der Waals surface area contributed by atoms with Gasteiger partial charge in [-0.1, -0.05) is 24.3 Å². The quantitative estimate of drug-likeness (QED) is 0.351. The summed E-state index contributed by atoms with van der Waals surface area (Å²) in [5.74, 6) is 1.45. The molecule has 1 unspecified atom stereocenters. The molecule has 178 valence electrons. The lowest BCUT2D eigenvalue weighted by Crippen LogP contribution is -2.33. The maximum atomic E-state index is 12.8. The molecule has 0 radical (unpaired) electrons. The zero-order valence-corrected chi connectivity index (χ0v) is 19.4. The minimum atomic E-state index is -0.639. The Morgan fingerprint density at radius 3 is 2.47 bits per heavy atom. The van der Waals surface area contributed by atoms with E-state index >= 15 is 0 Å². The van der Waals surface area contributed by atoms with Crippen molar-refractivity contribution in [3.05, 3.63) is 71.5 Å². The van der Waals surface area contributed by atoms with E-state index in [1.165, 1.54) is 7.11 Å². The topological polar surface area (TPSA) is 85.2 Å². The number of hydrogen-bond acceptors (Lipinski definition) is 7. The SMILES string of the molecule is COc1ccccc1OCC(=O)OCC(=O)c1cc(C)n(CC2COc3ccccc3O2)c1C. The Kier molecular flexibility index (Phi) is 7.06. The first-order valence-corrected chi connectivity index (χ1v) is 11.0. The standard InChI is InChI=1S/C26H27NO7/c1-17-12-20(18(2)27(17)13-19-14-31-24-10-6-7-11-25(24)34-19)21(28)15-33-26(29)16-32-23-9-5-4-8-22(23)30-3/h4-12,19H,13-16H2,1-3H3. The number of hydrogen-bond donors (Lipinski definition) is 0. The van der Waals surface area contributed by atoms with Gasteiger partial charge in [0.1, 0.15) is 6.61 Å². The van der Waals surface area contributed by atoms with Crippen molar-refractivity contribution in [1.29, 1.82) is 0 Å². The van der Waals surface area contributed by atoms with Crippen LogP contribution in [0, 0.1) is 13.8 Å². The van der Waals surface area contributed by atoms with Gasteiger partial charge in [-0.2, -0.15) is 0 Å². The molecule has 8 heteroatoms. The Balaban J connectivity index is 1.32. The highest BCUT2D eigenvalue weighted by atomic mass is 16.6. The highest BCUT2D eigenvalue weighted by molar-refractivity contribution is 5.99. The molecular weight excluding hydrogens is 438 g/mol. The number of aromatic nitrogens is 1. The summed E-state index contributed by atoms with van der Waals surface area (Å²) in [6, 6.07) is 16.3. The molecule has 0 amide bonds. The van der Waals surface area contributed by atoms with Crippen LogP contribution in [0.3, 0.4) is 0 Å². The van der Waals surface area contributed by atoms with Gasteiger partial charge in [-0.3, -0.25) is 4.79 Å². The first-order chi connectivity index (χ1) is 16.5. The molecule has 1 aliphatic heterocycles. The minimum absolute atomic E-state index is 0.187. The van der Waals surface area contributed by atoms with Gasteiger partial charge in [0.15, 0.2) is 42.3 Å². The molecule has 1 aromatic heterocycles. The number of ether oxygens (including phenoxy) is 5. The molecule has 0 saturated carbocycles. The Hall–Kier alpha value is -3.94. The first-order valence-electron chi connectivity index (χ1n) is 11.0. The summed E-state index contributed by atoms with van der Waals surface area (Å²) in [6.45, 7) is 4.05. The van der Waals surface area contributed by atoms with Gasteiger partial charge in [-0.25, -0.2) is 4.79 Å². The molecule has 1 atom stereocenters. The normalized spacial score (nSPS) is 14.4. The highest BCUT2D eigenvalue weighted by Crippen LogP contribution is 2.31. The molecule has 8 nitrogen and oxygen atoms in total. The summed E-state index contributed by atoms with van der Waals surface area (Å²) < 4.78 is 29.6. The predicted molar refractivity (Wildman–Crippen MR) is 124 cm³/mol. The van der Waals surface area contributed by atoms with E-state index in [1.807, 2.05) is 42.7 Å². The third kappa shape index (κ3) is 5.17. The van der Waals surface area contributed by atoms with E-state index in [9.17, 15) is 9.59 Å². The number of para-hydroxylation sites is 4. The Labute approximate surface area is 197 Å². The van der Waals surface area contributed by atoms with Gasteiger partial charge in [0, 0.05) is 17.0 Å². The van der Waals surface area contributed by atoms with Crippen molar-refractivity contribution in [2.75, 3.05) is 26.9 Å². The Morgan fingerprint density at radius 2 is 1.71 bits per heavy atom. The average Bonchev–Trinajstić information content (AvgIpc) is 3.14. The molecule has 0 fully saturated rings. The van der Waals surface area contributed by atoms with Crippen LogP contribution in [-0.4, -0.2) is 49.4 Å². The number of Topliss-reactive ketones (excluding diaryl/α,β-unsaturated/α-hetero) is 1. The monoisotopic (exact) mass is 465 g/mol. The first kappa shape index (κ1) is 23.2. The van der Waals surface area contributed by atoms with Crippen LogP contribution in [-0.2, 0) is 16.1 Å². The van der Waals surface area contributed by atoms with Crippen molar-refractivity contribution in [1.82, 2.24) is 4.57 Å². The number of nitrogens with zero attached hydrogens (tertiary/aromatic N) is 1. The number of fused-ring (bicyclic) bond motifs is 1. The number of aryl methyl sites for hydroxylation is 1. The van der Waals surface area contributed by atoms with Crippen LogP contribution in [0.15, 0.2) is 54.6 Å². The lowest BCUT2D eigenvalue weighted by molar-refractivity contribution is -0.144. The van der Waals surface area contributed by atoms with E-state index in [4.69, 9.17) is 23.7 Å². The van der Waals surface area contributed by atoms with Crippen LogP contribution in [0.2, 0.25) is 0 Å².